The van der Waals surface area contributed by atoms with Gasteiger partial charge in [-0.05, 0) is 51.0 Å². The average molecular weight is 709 g/mol. The van der Waals surface area contributed by atoms with Crippen molar-refractivity contribution >= 4 is 0 Å². The van der Waals surface area contributed by atoms with E-state index in [-0.39, 0.29) is 26.4 Å². The number of ether oxygens (including phenoxy) is 11. The summed E-state index contributed by atoms with van der Waals surface area (Å²) in [5.74, 6) is -1.09. The first-order valence-electron chi connectivity index (χ1n) is 17.5. The molecule has 10 atom stereocenters. The largest absolute Gasteiger partial charge is 0.497 e. The molecule has 276 valence electrons. The van der Waals surface area contributed by atoms with Crippen LogP contribution in [-0.4, -0.2) is 92.3 Å². The van der Waals surface area contributed by atoms with E-state index in [1.54, 1.807) is 21.0 Å². The van der Waals surface area contributed by atoms with Crippen molar-refractivity contribution in [2.24, 2.45) is 0 Å². The zero-order valence-corrected chi connectivity index (χ0v) is 29.6. The van der Waals surface area contributed by atoms with Crippen LogP contribution in [0.4, 0.5) is 0 Å². The van der Waals surface area contributed by atoms with Crippen LogP contribution in [0.3, 0.4) is 0 Å². The van der Waals surface area contributed by atoms with Crippen LogP contribution in [0.5, 0.6) is 5.75 Å². The standard InChI is InChI=1S/C39H48O12/c1-38(2)45-23-29(49-38)31-33(51-39(3,4)50-31)35(40)48-37-34(43-21-25-16-18-27(41-5)19-17-25)32(42-20-24-12-8-6-9-13-24)30-28(46-37)22-44-36(47-30)26-14-10-7-11-15-26/h6-19,28-37,40H,20-23H2,1-5H3/t28-,29+,30-,31+,32+,33-,34+,35?,36?,37+/m1/s1. The third kappa shape index (κ3) is 8.64. The molecule has 0 radical (unpaired) electrons. The smallest absolute Gasteiger partial charge is 0.190 e. The van der Waals surface area contributed by atoms with E-state index in [9.17, 15) is 5.11 Å². The van der Waals surface area contributed by atoms with E-state index in [0.717, 1.165) is 22.4 Å². The molecule has 3 aromatic carbocycles. The van der Waals surface area contributed by atoms with Gasteiger partial charge in [0.15, 0.2) is 30.4 Å². The van der Waals surface area contributed by atoms with Gasteiger partial charge in [0.2, 0.25) is 0 Å². The molecule has 0 aliphatic carbocycles. The van der Waals surface area contributed by atoms with Crippen LogP contribution >= 0.6 is 0 Å². The van der Waals surface area contributed by atoms with Gasteiger partial charge >= 0.3 is 0 Å². The lowest BCUT2D eigenvalue weighted by Gasteiger charge is -2.49. The van der Waals surface area contributed by atoms with Crippen LogP contribution in [0, 0.1) is 0 Å². The molecule has 4 aliphatic heterocycles. The summed E-state index contributed by atoms with van der Waals surface area (Å²) in [6, 6.07) is 27.2. The summed E-state index contributed by atoms with van der Waals surface area (Å²) >= 11 is 0. The first-order valence-corrected chi connectivity index (χ1v) is 17.5. The molecular formula is C39H48O12. The van der Waals surface area contributed by atoms with E-state index in [1.165, 1.54) is 0 Å². The second kappa shape index (κ2) is 15.6. The lowest BCUT2D eigenvalue weighted by molar-refractivity contribution is -0.391. The summed E-state index contributed by atoms with van der Waals surface area (Å²) in [6.45, 7) is 8.15. The van der Waals surface area contributed by atoms with Gasteiger partial charge in [-0.3, -0.25) is 0 Å². The van der Waals surface area contributed by atoms with Crippen molar-refractivity contribution in [3.05, 3.63) is 102 Å². The van der Waals surface area contributed by atoms with Gasteiger partial charge in [-0.1, -0.05) is 72.8 Å². The molecule has 12 nitrogen and oxygen atoms in total. The number of aliphatic hydroxyl groups is 1. The van der Waals surface area contributed by atoms with Crippen molar-refractivity contribution < 1.29 is 57.2 Å². The molecule has 1 N–H and O–H groups in total. The quantitative estimate of drug-likeness (QED) is 0.255. The van der Waals surface area contributed by atoms with Gasteiger partial charge in [0.1, 0.15) is 48.5 Å². The highest BCUT2D eigenvalue weighted by Crippen LogP contribution is 2.40. The van der Waals surface area contributed by atoms with Gasteiger partial charge in [0.25, 0.3) is 0 Å². The highest BCUT2D eigenvalue weighted by atomic mass is 16.8. The van der Waals surface area contributed by atoms with Crippen LogP contribution in [-0.2, 0) is 60.6 Å². The molecule has 0 aromatic heterocycles. The van der Waals surface area contributed by atoms with Crippen LogP contribution < -0.4 is 4.74 Å². The molecule has 0 amide bonds. The second-order valence-electron chi connectivity index (χ2n) is 14.1. The SMILES string of the molecule is COc1ccc(CO[C@@H]2[C@H](OC(O)[C@@H]3OC(C)(C)O[C@H]3[C@@H]3COC(C)(C)O3)O[C@@H]3COC(c4ccccc4)O[C@H]3[C@@H]2OCc2ccccc2)cc1. The molecule has 4 fully saturated rings. The Morgan fingerprint density at radius 1 is 0.706 bits per heavy atom. The summed E-state index contributed by atoms with van der Waals surface area (Å²) in [7, 11) is 1.62. The van der Waals surface area contributed by atoms with Gasteiger partial charge in [0.05, 0.1) is 33.5 Å². The Morgan fingerprint density at radius 3 is 2.04 bits per heavy atom. The molecule has 2 unspecified atom stereocenters. The fourth-order valence-corrected chi connectivity index (χ4v) is 6.90. The van der Waals surface area contributed by atoms with Crippen molar-refractivity contribution in [1.82, 2.24) is 0 Å². The maximum absolute atomic E-state index is 11.8. The van der Waals surface area contributed by atoms with Gasteiger partial charge in [0, 0.05) is 5.56 Å². The third-order valence-electron chi connectivity index (χ3n) is 9.36. The average Bonchev–Trinajstić information content (AvgIpc) is 3.68. The van der Waals surface area contributed by atoms with Crippen molar-refractivity contribution in [3.63, 3.8) is 0 Å². The predicted molar refractivity (Wildman–Crippen MR) is 181 cm³/mol. The number of methoxy groups -OCH3 is 1. The minimum Gasteiger partial charge on any atom is -0.497 e. The Hall–Kier alpha value is -2.98. The fourth-order valence-electron chi connectivity index (χ4n) is 6.90. The van der Waals surface area contributed by atoms with E-state index in [1.807, 2.05) is 98.8 Å². The molecular weight excluding hydrogens is 660 g/mol. The first kappa shape index (κ1) is 36.4. The number of hydrogen-bond acceptors (Lipinski definition) is 12. The molecule has 51 heavy (non-hydrogen) atoms. The van der Waals surface area contributed by atoms with Gasteiger partial charge in [-0.15, -0.1) is 0 Å². The van der Waals surface area contributed by atoms with Crippen LogP contribution in [0.15, 0.2) is 84.9 Å². The van der Waals surface area contributed by atoms with Gasteiger partial charge in [-0.2, -0.15) is 0 Å². The highest BCUT2D eigenvalue weighted by molar-refractivity contribution is 5.26. The van der Waals surface area contributed by atoms with E-state index in [4.69, 9.17) is 52.1 Å². The van der Waals surface area contributed by atoms with Crippen LogP contribution in [0.25, 0.3) is 0 Å². The fraction of sp³-hybridized carbons (Fsp3) is 0.538. The number of fused-ring (bicyclic) bond motifs is 1. The van der Waals surface area contributed by atoms with Crippen LogP contribution in [0.2, 0.25) is 0 Å². The second-order valence-corrected chi connectivity index (χ2v) is 14.1. The van der Waals surface area contributed by atoms with Crippen molar-refractivity contribution in [2.75, 3.05) is 20.3 Å². The molecule has 4 saturated heterocycles. The van der Waals surface area contributed by atoms with Crippen molar-refractivity contribution in [1.29, 1.82) is 0 Å². The van der Waals surface area contributed by atoms with Crippen molar-refractivity contribution in [2.45, 2.75) is 114 Å². The lowest BCUT2D eigenvalue weighted by atomic mass is 9.96. The Kier molecular flexibility index (Phi) is 11.1. The molecule has 4 heterocycles. The Balaban J connectivity index is 1.17. The number of benzene rings is 3. The maximum Gasteiger partial charge on any atom is 0.190 e. The topological polar surface area (TPSA) is 122 Å². The molecule has 7 rings (SSSR count). The van der Waals surface area contributed by atoms with E-state index in [0.29, 0.717) is 0 Å². The summed E-state index contributed by atoms with van der Waals surface area (Å²) in [6.07, 6.45) is -8.16. The summed E-state index contributed by atoms with van der Waals surface area (Å²) in [4.78, 5) is 0. The predicted octanol–water partition coefficient (Wildman–Crippen LogP) is 5.01. The Labute approximate surface area is 298 Å². The number of hydrogen-bond donors (Lipinski definition) is 1. The molecule has 0 spiro atoms. The van der Waals surface area contributed by atoms with Gasteiger partial charge < -0.3 is 57.2 Å². The van der Waals surface area contributed by atoms with Gasteiger partial charge in [-0.25, -0.2) is 0 Å². The third-order valence-corrected chi connectivity index (χ3v) is 9.36. The van der Waals surface area contributed by atoms with Crippen LogP contribution in [0.1, 0.15) is 50.7 Å². The molecule has 0 bridgehead atoms. The minimum atomic E-state index is -1.50. The lowest BCUT2D eigenvalue weighted by Crippen LogP contribution is -2.64. The summed E-state index contributed by atoms with van der Waals surface area (Å²) < 4.78 is 68.8. The zero-order valence-electron chi connectivity index (χ0n) is 29.6. The Morgan fingerprint density at radius 2 is 1.37 bits per heavy atom. The Bertz CT molecular complexity index is 1540. The first-order chi connectivity index (χ1) is 24.6. The molecule has 4 aliphatic rings. The summed E-state index contributed by atoms with van der Waals surface area (Å²) in [5, 5.41) is 11.8. The number of rotatable bonds is 12. The highest BCUT2D eigenvalue weighted by Gasteiger charge is 2.56. The van der Waals surface area contributed by atoms with Crippen molar-refractivity contribution in [3.8, 4) is 5.75 Å². The molecule has 12 heteroatoms. The maximum atomic E-state index is 11.8. The molecule has 3 aromatic rings. The summed E-state index contributed by atoms with van der Waals surface area (Å²) in [5.41, 5.74) is 2.74. The van der Waals surface area contributed by atoms with E-state index in [2.05, 4.69) is 0 Å². The van der Waals surface area contributed by atoms with E-state index >= 15 is 0 Å². The monoisotopic (exact) mass is 708 g/mol. The molecule has 0 saturated carbocycles. The minimum absolute atomic E-state index is 0.191. The zero-order chi connectivity index (χ0) is 35.6. The number of aliphatic hydroxyl groups excluding tert-OH is 1. The van der Waals surface area contributed by atoms with E-state index < -0.39 is 73.2 Å². The normalized spacial score (nSPS) is 33.4.